The Bertz CT molecular complexity index is 731. The SMILES string of the molecule is N#Cc1ccc(NC(=O)c2ccc(NCC3CCCO3)nn2)cc1. The van der Waals surface area contributed by atoms with Crippen LogP contribution < -0.4 is 10.6 Å². The molecule has 1 amide bonds. The van der Waals surface area contributed by atoms with E-state index in [2.05, 4.69) is 20.8 Å². The van der Waals surface area contributed by atoms with E-state index in [-0.39, 0.29) is 17.7 Å². The van der Waals surface area contributed by atoms with Crippen LogP contribution in [0.2, 0.25) is 0 Å². The Kier molecular flexibility index (Phi) is 4.99. The average Bonchev–Trinajstić information content (AvgIpc) is 3.14. The maximum Gasteiger partial charge on any atom is 0.276 e. The van der Waals surface area contributed by atoms with Gasteiger partial charge in [-0.15, -0.1) is 10.2 Å². The molecule has 0 aliphatic carbocycles. The first kappa shape index (κ1) is 15.9. The second-order valence-electron chi connectivity index (χ2n) is 5.46. The van der Waals surface area contributed by atoms with Gasteiger partial charge in [-0.25, -0.2) is 0 Å². The number of ether oxygens (including phenoxy) is 1. The van der Waals surface area contributed by atoms with E-state index < -0.39 is 0 Å². The van der Waals surface area contributed by atoms with E-state index in [4.69, 9.17) is 10.00 Å². The molecule has 1 aliphatic rings. The van der Waals surface area contributed by atoms with Gasteiger partial charge in [0, 0.05) is 18.8 Å². The van der Waals surface area contributed by atoms with E-state index in [1.807, 2.05) is 6.07 Å². The minimum atomic E-state index is -0.349. The Morgan fingerprint density at radius 2 is 2.08 bits per heavy atom. The Morgan fingerprint density at radius 1 is 1.25 bits per heavy atom. The molecule has 1 saturated heterocycles. The van der Waals surface area contributed by atoms with Gasteiger partial charge in [0.1, 0.15) is 5.82 Å². The summed E-state index contributed by atoms with van der Waals surface area (Å²) in [6.45, 7) is 1.50. The summed E-state index contributed by atoms with van der Waals surface area (Å²) in [5, 5.41) is 22.6. The summed E-state index contributed by atoms with van der Waals surface area (Å²) in [4.78, 5) is 12.1. The normalized spacial score (nSPS) is 16.4. The highest BCUT2D eigenvalue weighted by atomic mass is 16.5. The van der Waals surface area contributed by atoms with Crippen LogP contribution >= 0.6 is 0 Å². The van der Waals surface area contributed by atoms with Crippen molar-refractivity contribution in [2.45, 2.75) is 18.9 Å². The second kappa shape index (κ2) is 7.53. The lowest BCUT2D eigenvalue weighted by atomic mass is 10.2. The highest BCUT2D eigenvalue weighted by Gasteiger charge is 2.15. The average molecular weight is 323 g/mol. The summed E-state index contributed by atoms with van der Waals surface area (Å²) < 4.78 is 5.52. The number of benzene rings is 1. The van der Waals surface area contributed by atoms with Gasteiger partial charge in [-0.3, -0.25) is 4.79 Å². The van der Waals surface area contributed by atoms with Crippen LogP contribution in [0.1, 0.15) is 28.9 Å². The smallest absolute Gasteiger partial charge is 0.276 e. The molecule has 2 aromatic rings. The first-order valence-corrected chi connectivity index (χ1v) is 7.75. The molecule has 122 valence electrons. The van der Waals surface area contributed by atoms with E-state index in [1.165, 1.54) is 0 Å². The van der Waals surface area contributed by atoms with E-state index in [0.29, 0.717) is 23.6 Å². The zero-order valence-electron chi connectivity index (χ0n) is 13.0. The number of carbonyl (C=O) groups excluding carboxylic acids is 1. The number of carbonyl (C=O) groups is 1. The quantitative estimate of drug-likeness (QED) is 0.875. The van der Waals surface area contributed by atoms with Gasteiger partial charge in [-0.2, -0.15) is 5.26 Å². The third kappa shape index (κ3) is 4.06. The maximum atomic E-state index is 12.1. The largest absolute Gasteiger partial charge is 0.376 e. The molecule has 3 rings (SSSR count). The predicted octanol–water partition coefficient (Wildman–Crippen LogP) is 2.19. The molecule has 0 bridgehead atoms. The molecule has 0 saturated carbocycles. The predicted molar refractivity (Wildman–Crippen MR) is 88.6 cm³/mol. The van der Waals surface area contributed by atoms with Gasteiger partial charge in [0.25, 0.3) is 5.91 Å². The molecule has 1 fully saturated rings. The highest BCUT2D eigenvalue weighted by Crippen LogP contribution is 2.13. The number of nitrogens with zero attached hydrogens (tertiary/aromatic N) is 3. The van der Waals surface area contributed by atoms with E-state index in [1.54, 1.807) is 36.4 Å². The third-order valence-corrected chi connectivity index (χ3v) is 3.70. The fourth-order valence-electron chi connectivity index (χ4n) is 2.39. The van der Waals surface area contributed by atoms with Crippen molar-refractivity contribution in [3.05, 3.63) is 47.7 Å². The molecule has 1 aliphatic heterocycles. The maximum absolute atomic E-state index is 12.1. The molecule has 7 heteroatoms. The number of anilines is 2. The van der Waals surface area contributed by atoms with Gasteiger partial charge in [-0.1, -0.05) is 0 Å². The molecule has 2 heterocycles. The second-order valence-corrected chi connectivity index (χ2v) is 5.46. The van der Waals surface area contributed by atoms with Crippen molar-refractivity contribution in [2.75, 3.05) is 23.8 Å². The molecule has 0 radical (unpaired) electrons. The number of hydrogen-bond acceptors (Lipinski definition) is 6. The van der Waals surface area contributed by atoms with Crippen molar-refractivity contribution in [3.8, 4) is 6.07 Å². The van der Waals surface area contributed by atoms with E-state index >= 15 is 0 Å². The van der Waals surface area contributed by atoms with Crippen molar-refractivity contribution in [3.63, 3.8) is 0 Å². The van der Waals surface area contributed by atoms with Crippen molar-refractivity contribution >= 4 is 17.4 Å². The molecule has 2 N–H and O–H groups in total. The molecule has 0 spiro atoms. The Morgan fingerprint density at radius 3 is 2.71 bits per heavy atom. The standard InChI is InChI=1S/C17H17N5O2/c18-10-12-3-5-13(6-4-12)20-17(23)15-7-8-16(22-21-15)19-11-14-2-1-9-24-14/h3-8,14H,1-2,9,11H2,(H,19,22)(H,20,23). The summed E-state index contributed by atoms with van der Waals surface area (Å²) in [7, 11) is 0. The van der Waals surface area contributed by atoms with E-state index in [9.17, 15) is 4.79 Å². The highest BCUT2D eigenvalue weighted by molar-refractivity contribution is 6.02. The van der Waals surface area contributed by atoms with Crippen LogP contribution in [-0.4, -0.2) is 35.4 Å². The number of hydrogen-bond donors (Lipinski definition) is 2. The first-order valence-electron chi connectivity index (χ1n) is 7.75. The summed E-state index contributed by atoms with van der Waals surface area (Å²) in [5.74, 6) is 0.262. The van der Waals surface area contributed by atoms with Crippen LogP contribution in [-0.2, 0) is 4.74 Å². The van der Waals surface area contributed by atoms with Crippen molar-refractivity contribution in [2.24, 2.45) is 0 Å². The summed E-state index contributed by atoms with van der Waals surface area (Å²) in [6.07, 6.45) is 2.35. The van der Waals surface area contributed by atoms with Crippen LogP contribution in [0.4, 0.5) is 11.5 Å². The number of aromatic nitrogens is 2. The molecule has 1 aromatic carbocycles. The lowest BCUT2D eigenvalue weighted by molar-refractivity contribution is 0.102. The Labute approximate surface area is 139 Å². The molecule has 1 atom stereocenters. The third-order valence-electron chi connectivity index (χ3n) is 3.70. The minimum absolute atomic E-state index is 0.214. The van der Waals surface area contributed by atoms with Crippen LogP contribution in [0, 0.1) is 11.3 Å². The van der Waals surface area contributed by atoms with Crippen LogP contribution in [0.15, 0.2) is 36.4 Å². The fraction of sp³-hybridized carbons (Fsp3) is 0.294. The summed E-state index contributed by atoms with van der Waals surface area (Å²) in [5.41, 5.74) is 1.36. The number of nitriles is 1. The number of amides is 1. The zero-order chi connectivity index (χ0) is 16.8. The van der Waals surface area contributed by atoms with Gasteiger partial charge >= 0.3 is 0 Å². The summed E-state index contributed by atoms with van der Waals surface area (Å²) in [6, 6.07) is 12.0. The molecule has 1 unspecified atom stereocenters. The van der Waals surface area contributed by atoms with Crippen LogP contribution in [0.5, 0.6) is 0 Å². The zero-order valence-corrected chi connectivity index (χ0v) is 13.0. The Hall–Kier alpha value is -2.98. The van der Waals surface area contributed by atoms with E-state index in [0.717, 1.165) is 19.4 Å². The van der Waals surface area contributed by atoms with Gasteiger partial charge in [0.15, 0.2) is 5.69 Å². The van der Waals surface area contributed by atoms with Crippen molar-refractivity contribution in [1.29, 1.82) is 5.26 Å². The van der Waals surface area contributed by atoms with Gasteiger partial charge in [0.2, 0.25) is 0 Å². The lowest BCUT2D eigenvalue weighted by Gasteiger charge is -2.10. The number of rotatable bonds is 5. The molecular formula is C17H17N5O2. The monoisotopic (exact) mass is 323 g/mol. The van der Waals surface area contributed by atoms with Crippen molar-refractivity contribution in [1.82, 2.24) is 10.2 Å². The minimum Gasteiger partial charge on any atom is -0.376 e. The number of nitrogens with one attached hydrogen (secondary N) is 2. The summed E-state index contributed by atoms with van der Waals surface area (Å²) >= 11 is 0. The van der Waals surface area contributed by atoms with Gasteiger partial charge in [0.05, 0.1) is 17.7 Å². The lowest BCUT2D eigenvalue weighted by Crippen LogP contribution is -2.20. The van der Waals surface area contributed by atoms with Crippen LogP contribution in [0.3, 0.4) is 0 Å². The fourth-order valence-corrected chi connectivity index (χ4v) is 2.39. The van der Waals surface area contributed by atoms with Gasteiger partial charge < -0.3 is 15.4 Å². The first-order chi connectivity index (χ1) is 11.7. The topological polar surface area (TPSA) is 99.9 Å². The molecule has 7 nitrogen and oxygen atoms in total. The molecule has 24 heavy (non-hydrogen) atoms. The molecular weight excluding hydrogens is 306 g/mol. The van der Waals surface area contributed by atoms with Gasteiger partial charge in [-0.05, 0) is 49.2 Å². The van der Waals surface area contributed by atoms with Crippen LogP contribution in [0.25, 0.3) is 0 Å². The van der Waals surface area contributed by atoms with Crippen molar-refractivity contribution < 1.29 is 9.53 Å². The molecule has 1 aromatic heterocycles. The Balaban J connectivity index is 1.55.